The lowest BCUT2D eigenvalue weighted by molar-refractivity contribution is 0.265. The molecule has 0 atom stereocenters. The molecule has 5 heteroatoms. The van der Waals surface area contributed by atoms with Gasteiger partial charge < -0.3 is 19.2 Å². The quantitative estimate of drug-likeness (QED) is 0.693. The van der Waals surface area contributed by atoms with Gasteiger partial charge in [0, 0.05) is 6.61 Å². The summed E-state index contributed by atoms with van der Waals surface area (Å²) in [5, 5.41) is 9.63. The first kappa shape index (κ1) is 10.3. The van der Waals surface area contributed by atoms with E-state index < -0.39 is 7.12 Å². The molecule has 0 unspecified atom stereocenters. The Morgan fingerprint density at radius 3 is 2.60 bits per heavy atom. The predicted molar refractivity (Wildman–Crippen MR) is 56.8 cm³/mol. The minimum absolute atomic E-state index is 0.531. The monoisotopic (exact) mass is 208 g/mol. The summed E-state index contributed by atoms with van der Waals surface area (Å²) in [7, 11) is 2.31. The smallest absolute Gasteiger partial charge is 0.491 e. The largest absolute Gasteiger partial charge is 0.493 e. The lowest BCUT2D eigenvalue weighted by atomic mass is 9.73. The van der Waals surface area contributed by atoms with Gasteiger partial charge in [-0.1, -0.05) is 0 Å². The highest BCUT2D eigenvalue weighted by Gasteiger charge is 2.26. The SMILES string of the molecule is COc1cc2c(cc1OC)B(O)OCC2. The van der Waals surface area contributed by atoms with Crippen LogP contribution in [0.25, 0.3) is 0 Å². The number of ether oxygens (including phenoxy) is 2. The molecular weight excluding hydrogens is 195 g/mol. The molecule has 1 aliphatic heterocycles. The van der Waals surface area contributed by atoms with Crippen LogP contribution in [-0.2, 0) is 11.1 Å². The molecule has 0 bridgehead atoms. The Morgan fingerprint density at radius 1 is 1.27 bits per heavy atom. The zero-order valence-corrected chi connectivity index (χ0v) is 8.82. The van der Waals surface area contributed by atoms with E-state index in [1.807, 2.05) is 6.07 Å². The van der Waals surface area contributed by atoms with E-state index in [1.54, 1.807) is 20.3 Å². The summed E-state index contributed by atoms with van der Waals surface area (Å²) < 4.78 is 15.5. The molecular formula is C10H13BO4. The number of fused-ring (bicyclic) bond motifs is 1. The first-order chi connectivity index (χ1) is 7.26. The van der Waals surface area contributed by atoms with E-state index in [-0.39, 0.29) is 0 Å². The molecule has 0 saturated carbocycles. The van der Waals surface area contributed by atoms with Crippen molar-refractivity contribution in [2.75, 3.05) is 20.8 Å². The molecule has 1 aromatic carbocycles. The van der Waals surface area contributed by atoms with Crippen molar-refractivity contribution in [2.45, 2.75) is 6.42 Å². The van der Waals surface area contributed by atoms with Crippen LogP contribution in [0.4, 0.5) is 0 Å². The standard InChI is InChI=1S/C10H13BO4/c1-13-9-5-7-3-4-15-11(12)8(7)6-10(9)14-2/h5-6,12H,3-4H2,1-2H3. The van der Waals surface area contributed by atoms with Crippen LogP contribution in [0.1, 0.15) is 5.56 Å². The van der Waals surface area contributed by atoms with Crippen molar-refractivity contribution in [1.29, 1.82) is 0 Å². The van der Waals surface area contributed by atoms with E-state index in [4.69, 9.17) is 14.1 Å². The number of rotatable bonds is 2. The Morgan fingerprint density at radius 2 is 1.93 bits per heavy atom. The fourth-order valence-corrected chi connectivity index (χ4v) is 1.75. The number of hydrogen-bond donors (Lipinski definition) is 1. The van der Waals surface area contributed by atoms with Gasteiger partial charge in [-0.3, -0.25) is 0 Å². The van der Waals surface area contributed by atoms with Crippen LogP contribution in [0, 0.1) is 0 Å². The highest BCUT2D eigenvalue weighted by Crippen LogP contribution is 2.27. The molecule has 1 aliphatic rings. The van der Waals surface area contributed by atoms with E-state index in [0.717, 1.165) is 17.4 Å². The van der Waals surface area contributed by atoms with Crippen molar-refractivity contribution in [3.05, 3.63) is 17.7 Å². The minimum atomic E-state index is -0.853. The van der Waals surface area contributed by atoms with E-state index in [1.165, 1.54) is 0 Å². The van der Waals surface area contributed by atoms with Gasteiger partial charge in [0.05, 0.1) is 14.2 Å². The van der Waals surface area contributed by atoms with Crippen LogP contribution >= 0.6 is 0 Å². The Balaban J connectivity index is 2.48. The molecule has 0 radical (unpaired) electrons. The normalized spacial score (nSPS) is 14.7. The topological polar surface area (TPSA) is 47.9 Å². The summed E-state index contributed by atoms with van der Waals surface area (Å²) in [5.74, 6) is 1.30. The molecule has 2 rings (SSSR count). The molecule has 15 heavy (non-hydrogen) atoms. The maximum atomic E-state index is 9.63. The van der Waals surface area contributed by atoms with Gasteiger partial charge in [0.25, 0.3) is 0 Å². The predicted octanol–water partition coefficient (Wildman–Crippen LogP) is -0.0360. The Labute approximate surface area is 88.9 Å². The molecule has 0 fully saturated rings. The average molecular weight is 208 g/mol. The van der Waals surface area contributed by atoms with Gasteiger partial charge in [-0.05, 0) is 29.6 Å². The highest BCUT2D eigenvalue weighted by atomic mass is 16.5. The van der Waals surface area contributed by atoms with Crippen LogP contribution in [0.5, 0.6) is 11.5 Å². The first-order valence-corrected chi connectivity index (χ1v) is 4.80. The Kier molecular flexibility index (Phi) is 2.84. The minimum Gasteiger partial charge on any atom is -0.493 e. The number of methoxy groups -OCH3 is 2. The summed E-state index contributed by atoms with van der Waals surface area (Å²) in [6.45, 7) is 0.531. The van der Waals surface area contributed by atoms with Gasteiger partial charge in [-0.15, -0.1) is 0 Å². The Bertz CT molecular complexity index is 367. The second-order valence-corrected chi connectivity index (χ2v) is 3.38. The lowest BCUT2D eigenvalue weighted by Gasteiger charge is -2.20. The van der Waals surface area contributed by atoms with Gasteiger partial charge in [-0.2, -0.15) is 0 Å². The van der Waals surface area contributed by atoms with Crippen molar-refractivity contribution in [1.82, 2.24) is 0 Å². The van der Waals surface area contributed by atoms with Crippen LogP contribution in [-0.4, -0.2) is 33.0 Å². The third-order valence-corrected chi connectivity index (χ3v) is 2.56. The van der Waals surface area contributed by atoms with Gasteiger partial charge >= 0.3 is 7.12 Å². The third-order valence-electron chi connectivity index (χ3n) is 2.56. The van der Waals surface area contributed by atoms with Crippen LogP contribution < -0.4 is 14.9 Å². The fraction of sp³-hybridized carbons (Fsp3) is 0.400. The molecule has 0 saturated heterocycles. The summed E-state index contributed by atoms with van der Waals surface area (Å²) in [5.41, 5.74) is 1.81. The summed E-state index contributed by atoms with van der Waals surface area (Å²) in [4.78, 5) is 0. The summed E-state index contributed by atoms with van der Waals surface area (Å²) in [6.07, 6.45) is 0.784. The molecule has 0 spiro atoms. The van der Waals surface area contributed by atoms with Crippen LogP contribution in [0.3, 0.4) is 0 Å². The van der Waals surface area contributed by atoms with Crippen LogP contribution in [0.2, 0.25) is 0 Å². The zero-order chi connectivity index (χ0) is 10.8. The van der Waals surface area contributed by atoms with Gasteiger partial charge in [-0.25, -0.2) is 0 Å². The average Bonchev–Trinajstić information content (AvgIpc) is 2.28. The Hall–Kier alpha value is -1.20. The zero-order valence-electron chi connectivity index (χ0n) is 8.82. The van der Waals surface area contributed by atoms with E-state index in [9.17, 15) is 5.02 Å². The van der Waals surface area contributed by atoms with Gasteiger partial charge in [0.1, 0.15) is 0 Å². The molecule has 80 valence electrons. The van der Waals surface area contributed by atoms with Crippen molar-refractivity contribution in [3.63, 3.8) is 0 Å². The van der Waals surface area contributed by atoms with Crippen molar-refractivity contribution < 1.29 is 19.2 Å². The van der Waals surface area contributed by atoms with Crippen molar-refractivity contribution in [3.8, 4) is 11.5 Å². The van der Waals surface area contributed by atoms with Crippen molar-refractivity contribution >= 4 is 12.6 Å². The van der Waals surface area contributed by atoms with Crippen molar-refractivity contribution in [2.24, 2.45) is 0 Å². The molecule has 1 N–H and O–H groups in total. The van der Waals surface area contributed by atoms with E-state index in [0.29, 0.717) is 18.1 Å². The van der Waals surface area contributed by atoms with Crippen LogP contribution in [0.15, 0.2) is 12.1 Å². The first-order valence-electron chi connectivity index (χ1n) is 4.80. The second-order valence-electron chi connectivity index (χ2n) is 3.38. The number of benzene rings is 1. The molecule has 4 nitrogen and oxygen atoms in total. The fourth-order valence-electron chi connectivity index (χ4n) is 1.75. The molecule has 0 aliphatic carbocycles. The lowest BCUT2D eigenvalue weighted by Crippen LogP contribution is -2.41. The molecule has 1 aromatic rings. The second kappa shape index (κ2) is 4.12. The number of hydrogen-bond acceptors (Lipinski definition) is 4. The van der Waals surface area contributed by atoms with Gasteiger partial charge in [0.2, 0.25) is 0 Å². The highest BCUT2D eigenvalue weighted by molar-refractivity contribution is 6.61. The summed E-state index contributed by atoms with van der Waals surface area (Å²) in [6, 6.07) is 3.65. The molecule has 0 amide bonds. The van der Waals surface area contributed by atoms with E-state index >= 15 is 0 Å². The van der Waals surface area contributed by atoms with E-state index in [2.05, 4.69) is 0 Å². The maximum Gasteiger partial charge on any atom is 0.491 e. The van der Waals surface area contributed by atoms with Gasteiger partial charge in [0.15, 0.2) is 11.5 Å². The molecule has 1 heterocycles. The summed E-state index contributed by atoms with van der Waals surface area (Å²) >= 11 is 0. The molecule has 0 aromatic heterocycles. The third kappa shape index (κ3) is 1.80. The maximum absolute atomic E-state index is 9.63.